The van der Waals surface area contributed by atoms with Crippen LogP contribution in [0.5, 0.6) is 0 Å². The van der Waals surface area contributed by atoms with Gasteiger partial charge in [0, 0.05) is 11.9 Å². The first-order chi connectivity index (χ1) is 11.8. The lowest BCUT2D eigenvalue weighted by Gasteiger charge is -2.32. The average molecular weight is 333 g/mol. The van der Waals surface area contributed by atoms with Gasteiger partial charge in [-0.05, 0) is 69.7 Å². The summed E-state index contributed by atoms with van der Waals surface area (Å²) in [6, 6.07) is 17.1. The Labute approximate surface area is 149 Å². The maximum absolute atomic E-state index is 6.17. The van der Waals surface area contributed by atoms with E-state index in [1.54, 1.807) is 0 Å². The average Bonchev–Trinajstić information content (AvgIpc) is 3.06. The van der Waals surface area contributed by atoms with Crippen LogP contribution in [0.1, 0.15) is 33.3 Å². The summed E-state index contributed by atoms with van der Waals surface area (Å²) in [4.78, 5) is 0. The first-order valence-corrected chi connectivity index (χ1v) is 8.81. The highest BCUT2D eigenvalue weighted by Gasteiger charge is 2.51. The molecule has 25 heavy (non-hydrogen) atoms. The Morgan fingerprint density at radius 2 is 1.48 bits per heavy atom. The number of nitrogens with zero attached hydrogens (tertiary/aromatic N) is 1. The molecule has 0 N–H and O–H groups in total. The van der Waals surface area contributed by atoms with Crippen LogP contribution in [0.2, 0.25) is 0 Å². The molecule has 1 aromatic heterocycles. The Morgan fingerprint density at radius 1 is 0.840 bits per heavy atom. The van der Waals surface area contributed by atoms with Gasteiger partial charge in [-0.1, -0.05) is 29.8 Å². The van der Waals surface area contributed by atoms with E-state index in [4.69, 9.17) is 9.31 Å². The highest BCUT2D eigenvalue weighted by molar-refractivity contribution is 6.62. The SMILES string of the molecule is Cc1ccc(-n2ccc3cc(B4OC(C)(C)C(C)(C)O4)ccc32)cc1. The van der Waals surface area contributed by atoms with Crippen LogP contribution in [0.25, 0.3) is 16.6 Å². The number of aromatic nitrogens is 1. The fraction of sp³-hybridized carbons (Fsp3) is 0.333. The minimum Gasteiger partial charge on any atom is -0.399 e. The molecule has 0 radical (unpaired) electrons. The molecule has 0 amide bonds. The topological polar surface area (TPSA) is 23.4 Å². The normalized spacial score (nSPS) is 18.8. The summed E-state index contributed by atoms with van der Waals surface area (Å²) >= 11 is 0. The summed E-state index contributed by atoms with van der Waals surface area (Å²) in [6.45, 7) is 10.4. The summed E-state index contributed by atoms with van der Waals surface area (Å²) in [7, 11) is -0.322. The number of hydrogen-bond acceptors (Lipinski definition) is 2. The fourth-order valence-corrected chi connectivity index (χ4v) is 3.22. The lowest BCUT2D eigenvalue weighted by atomic mass is 9.78. The summed E-state index contributed by atoms with van der Waals surface area (Å²) in [5.74, 6) is 0. The molecule has 3 aromatic rings. The summed E-state index contributed by atoms with van der Waals surface area (Å²) in [5.41, 5.74) is 4.05. The molecule has 128 valence electrons. The molecule has 1 aliphatic heterocycles. The van der Waals surface area contributed by atoms with E-state index in [0.29, 0.717) is 0 Å². The molecule has 0 spiro atoms. The van der Waals surface area contributed by atoms with Gasteiger partial charge in [-0.15, -0.1) is 0 Å². The van der Waals surface area contributed by atoms with Gasteiger partial charge in [0.1, 0.15) is 0 Å². The zero-order chi connectivity index (χ0) is 17.8. The largest absolute Gasteiger partial charge is 0.494 e. The van der Waals surface area contributed by atoms with Crippen LogP contribution in [0, 0.1) is 6.92 Å². The van der Waals surface area contributed by atoms with Crippen LogP contribution >= 0.6 is 0 Å². The Balaban J connectivity index is 1.70. The van der Waals surface area contributed by atoms with Crippen molar-refractivity contribution in [1.29, 1.82) is 0 Å². The number of fused-ring (bicyclic) bond motifs is 1. The van der Waals surface area contributed by atoms with Gasteiger partial charge in [0.25, 0.3) is 0 Å². The Hall–Kier alpha value is -2.04. The van der Waals surface area contributed by atoms with Gasteiger partial charge in [-0.3, -0.25) is 0 Å². The van der Waals surface area contributed by atoms with E-state index >= 15 is 0 Å². The van der Waals surface area contributed by atoms with Crippen LogP contribution in [0.15, 0.2) is 54.7 Å². The standard InChI is InChI=1S/C21H24BNO2/c1-15-6-9-18(10-7-15)23-13-12-16-14-17(8-11-19(16)23)22-24-20(2,3)21(4,5)25-22/h6-14H,1-5H3. The quantitative estimate of drug-likeness (QED) is 0.655. The van der Waals surface area contributed by atoms with Gasteiger partial charge in [-0.2, -0.15) is 0 Å². The molecule has 1 saturated heterocycles. The summed E-state index contributed by atoms with van der Waals surface area (Å²) < 4.78 is 14.6. The first kappa shape index (κ1) is 16.4. The van der Waals surface area contributed by atoms with Crippen LogP contribution < -0.4 is 5.46 Å². The molecule has 4 heteroatoms. The molecule has 1 fully saturated rings. The van der Waals surface area contributed by atoms with Crippen molar-refractivity contribution in [2.24, 2.45) is 0 Å². The molecule has 2 aromatic carbocycles. The minimum absolute atomic E-state index is 0.319. The molecular formula is C21H24BNO2. The second kappa shape index (κ2) is 5.48. The van der Waals surface area contributed by atoms with Gasteiger partial charge in [0.05, 0.1) is 16.7 Å². The van der Waals surface area contributed by atoms with Gasteiger partial charge in [-0.25, -0.2) is 0 Å². The number of aryl methyl sites for hydroxylation is 1. The molecular weight excluding hydrogens is 309 g/mol. The maximum atomic E-state index is 6.17. The Kier molecular flexibility index (Phi) is 3.60. The predicted octanol–water partition coefficient (Wildman–Crippen LogP) is 4.24. The zero-order valence-corrected chi connectivity index (χ0v) is 15.5. The van der Waals surface area contributed by atoms with E-state index in [1.165, 1.54) is 22.2 Å². The van der Waals surface area contributed by atoms with Crippen LogP contribution in [0.4, 0.5) is 0 Å². The van der Waals surface area contributed by atoms with Crippen LogP contribution in [0.3, 0.4) is 0 Å². The van der Waals surface area contributed by atoms with E-state index in [2.05, 4.69) is 93.9 Å². The molecule has 0 aliphatic carbocycles. The van der Waals surface area contributed by atoms with Gasteiger partial charge < -0.3 is 13.9 Å². The molecule has 0 unspecified atom stereocenters. The lowest BCUT2D eigenvalue weighted by Crippen LogP contribution is -2.41. The first-order valence-electron chi connectivity index (χ1n) is 8.81. The molecule has 0 bridgehead atoms. The van der Waals surface area contributed by atoms with Crippen molar-refractivity contribution in [3.8, 4) is 5.69 Å². The minimum atomic E-state index is -0.322. The zero-order valence-electron chi connectivity index (χ0n) is 15.5. The number of rotatable bonds is 2. The smallest absolute Gasteiger partial charge is 0.399 e. The lowest BCUT2D eigenvalue weighted by molar-refractivity contribution is 0.00578. The van der Waals surface area contributed by atoms with E-state index in [9.17, 15) is 0 Å². The molecule has 3 nitrogen and oxygen atoms in total. The van der Waals surface area contributed by atoms with Gasteiger partial charge >= 0.3 is 7.12 Å². The van der Waals surface area contributed by atoms with Crippen molar-refractivity contribution in [3.05, 3.63) is 60.3 Å². The van der Waals surface area contributed by atoms with Crippen molar-refractivity contribution in [1.82, 2.24) is 4.57 Å². The monoisotopic (exact) mass is 333 g/mol. The summed E-state index contributed by atoms with van der Waals surface area (Å²) in [5, 5.41) is 1.19. The van der Waals surface area contributed by atoms with Crippen molar-refractivity contribution in [2.45, 2.75) is 45.8 Å². The number of benzene rings is 2. The summed E-state index contributed by atoms with van der Waals surface area (Å²) in [6.07, 6.45) is 2.11. The molecule has 1 aliphatic rings. The highest BCUT2D eigenvalue weighted by Crippen LogP contribution is 2.36. The second-order valence-electron chi connectivity index (χ2n) is 7.93. The fourth-order valence-electron chi connectivity index (χ4n) is 3.22. The van der Waals surface area contributed by atoms with E-state index in [-0.39, 0.29) is 18.3 Å². The Bertz CT molecular complexity index is 909. The van der Waals surface area contributed by atoms with Crippen LogP contribution in [-0.4, -0.2) is 22.9 Å². The van der Waals surface area contributed by atoms with Gasteiger partial charge in [0.15, 0.2) is 0 Å². The molecule has 0 saturated carbocycles. The van der Waals surface area contributed by atoms with Crippen molar-refractivity contribution in [3.63, 3.8) is 0 Å². The third-order valence-electron chi connectivity index (χ3n) is 5.55. The third kappa shape index (κ3) is 2.70. The number of hydrogen-bond donors (Lipinski definition) is 0. The van der Waals surface area contributed by atoms with Crippen molar-refractivity contribution in [2.75, 3.05) is 0 Å². The Morgan fingerprint density at radius 3 is 2.12 bits per heavy atom. The van der Waals surface area contributed by atoms with E-state index in [0.717, 1.165) is 5.46 Å². The van der Waals surface area contributed by atoms with Crippen LogP contribution in [-0.2, 0) is 9.31 Å². The highest BCUT2D eigenvalue weighted by atomic mass is 16.7. The maximum Gasteiger partial charge on any atom is 0.494 e. The van der Waals surface area contributed by atoms with E-state index in [1.807, 2.05) is 0 Å². The molecule has 2 heterocycles. The third-order valence-corrected chi connectivity index (χ3v) is 5.55. The van der Waals surface area contributed by atoms with Gasteiger partial charge in [0.2, 0.25) is 0 Å². The van der Waals surface area contributed by atoms with Crippen molar-refractivity contribution >= 4 is 23.5 Å². The molecule has 0 atom stereocenters. The molecule has 4 rings (SSSR count). The van der Waals surface area contributed by atoms with Crippen molar-refractivity contribution < 1.29 is 9.31 Å². The predicted molar refractivity (Wildman–Crippen MR) is 104 cm³/mol. The van der Waals surface area contributed by atoms with E-state index < -0.39 is 0 Å². The second-order valence-corrected chi connectivity index (χ2v) is 7.93.